The standard InChI is InChI=1S/C13H25N3.HI/c1-10-3-7-12(8-4-10)16-13(14-2)15-9-11-5-6-11;/h10-12H,3-9H2,1-2H3,(H2,14,15,16);1H. The number of guanidine groups is 1. The van der Waals surface area contributed by atoms with Crippen LogP contribution in [0.4, 0.5) is 0 Å². The van der Waals surface area contributed by atoms with Gasteiger partial charge in [0.15, 0.2) is 5.96 Å². The van der Waals surface area contributed by atoms with Gasteiger partial charge in [-0.1, -0.05) is 6.92 Å². The Bertz CT molecular complexity index is 243. The molecule has 0 bridgehead atoms. The summed E-state index contributed by atoms with van der Waals surface area (Å²) in [6.07, 6.45) is 8.10. The Hall–Kier alpha value is 0. The lowest BCUT2D eigenvalue weighted by Gasteiger charge is -2.28. The lowest BCUT2D eigenvalue weighted by molar-refractivity contribution is 0.329. The maximum atomic E-state index is 4.30. The van der Waals surface area contributed by atoms with E-state index in [0.29, 0.717) is 6.04 Å². The zero-order valence-electron chi connectivity index (χ0n) is 11.0. The van der Waals surface area contributed by atoms with Crippen molar-refractivity contribution in [2.75, 3.05) is 13.6 Å². The highest BCUT2D eigenvalue weighted by atomic mass is 127. The van der Waals surface area contributed by atoms with Gasteiger partial charge in [-0.15, -0.1) is 24.0 Å². The molecule has 0 amide bonds. The SMILES string of the molecule is CN=C(NCC1CC1)NC1CCC(C)CC1.I. The molecule has 0 heterocycles. The number of nitrogens with zero attached hydrogens (tertiary/aromatic N) is 1. The van der Waals surface area contributed by atoms with Crippen molar-refractivity contribution >= 4 is 29.9 Å². The van der Waals surface area contributed by atoms with Crippen LogP contribution in [0.1, 0.15) is 45.4 Å². The maximum absolute atomic E-state index is 4.30. The molecule has 0 aromatic carbocycles. The highest BCUT2D eigenvalue weighted by Crippen LogP contribution is 2.27. The maximum Gasteiger partial charge on any atom is 0.191 e. The average Bonchev–Trinajstić information content (AvgIpc) is 3.11. The van der Waals surface area contributed by atoms with Gasteiger partial charge in [-0.2, -0.15) is 0 Å². The van der Waals surface area contributed by atoms with Crippen molar-refractivity contribution in [3.63, 3.8) is 0 Å². The minimum Gasteiger partial charge on any atom is -0.356 e. The molecule has 2 aliphatic rings. The molecule has 2 fully saturated rings. The van der Waals surface area contributed by atoms with Crippen molar-refractivity contribution in [3.8, 4) is 0 Å². The van der Waals surface area contributed by atoms with Crippen molar-refractivity contribution in [2.45, 2.75) is 51.5 Å². The Balaban J connectivity index is 0.00000144. The van der Waals surface area contributed by atoms with E-state index in [9.17, 15) is 0 Å². The molecule has 17 heavy (non-hydrogen) atoms. The van der Waals surface area contributed by atoms with E-state index in [1.165, 1.54) is 38.5 Å². The molecule has 0 atom stereocenters. The van der Waals surface area contributed by atoms with Crippen LogP contribution >= 0.6 is 24.0 Å². The van der Waals surface area contributed by atoms with Crippen molar-refractivity contribution in [2.24, 2.45) is 16.8 Å². The van der Waals surface area contributed by atoms with E-state index in [4.69, 9.17) is 0 Å². The van der Waals surface area contributed by atoms with Gasteiger partial charge in [-0.3, -0.25) is 4.99 Å². The molecule has 100 valence electrons. The van der Waals surface area contributed by atoms with Crippen LogP contribution in [-0.4, -0.2) is 25.6 Å². The van der Waals surface area contributed by atoms with E-state index in [1.807, 2.05) is 7.05 Å². The molecule has 0 saturated heterocycles. The van der Waals surface area contributed by atoms with Crippen LogP contribution in [0.15, 0.2) is 4.99 Å². The Kier molecular flexibility index (Phi) is 6.59. The number of nitrogens with one attached hydrogen (secondary N) is 2. The van der Waals surface area contributed by atoms with Crippen molar-refractivity contribution in [1.82, 2.24) is 10.6 Å². The van der Waals surface area contributed by atoms with Gasteiger partial charge in [-0.25, -0.2) is 0 Å². The summed E-state index contributed by atoms with van der Waals surface area (Å²) in [5.41, 5.74) is 0. The molecule has 0 aromatic heterocycles. The summed E-state index contributed by atoms with van der Waals surface area (Å²) >= 11 is 0. The summed E-state index contributed by atoms with van der Waals surface area (Å²) in [6, 6.07) is 0.640. The number of hydrogen-bond acceptors (Lipinski definition) is 1. The normalized spacial score (nSPS) is 29.4. The first kappa shape index (κ1) is 15.1. The minimum atomic E-state index is 0. The van der Waals surface area contributed by atoms with Crippen LogP contribution in [0.2, 0.25) is 0 Å². The second-order valence-electron chi connectivity index (χ2n) is 5.50. The third-order valence-corrected chi connectivity index (χ3v) is 3.84. The van der Waals surface area contributed by atoms with Gasteiger partial charge in [0.25, 0.3) is 0 Å². The third kappa shape index (κ3) is 5.44. The average molecular weight is 351 g/mol. The van der Waals surface area contributed by atoms with Crippen LogP contribution in [0.5, 0.6) is 0 Å². The van der Waals surface area contributed by atoms with E-state index in [-0.39, 0.29) is 24.0 Å². The second-order valence-corrected chi connectivity index (χ2v) is 5.50. The molecular formula is C13H26IN3. The van der Waals surface area contributed by atoms with Crippen LogP contribution in [-0.2, 0) is 0 Å². The fourth-order valence-electron chi connectivity index (χ4n) is 2.36. The summed E-state index contributed by atoms with van der Waals surface area (Å²) in [6.45, 7) is 3.46. The predicted octanol–water partition coefficient (Wildman–Crippen LogP) is 2.76. The largest absolute Gasteiger partial charge is 0.356 e. The van der Waals surface area contributed by atoms with Gasteiger partial charge in [0.2, 0.25) is 0 Å². The van der Waals surface area contributed by atoms with E-state index < -0.39 is 0 Å². The zero-order valence-corrected chi connectivity index (χ0v) is 13.4. The third-order valence-electron chi connectivity index (χ3n) is 3.84. The molecule has 2 saturated carbocycles. The fraction of sp³-hybridized carbons (Fsp3) is 0.923. The lowest BCUT2D eigenvalue weighted by atomic mass is 9.87. The summed E-state index contributed by atoms with van der Waals surface area (Å²) in [7, 11) is 1.87. The van der Waals surface area contributed by atoms with E-state index in [2.05, 4.69) is 22.5 Å². The molecule has 0 unspecified atom stereocenters. The first-order chi connectivity index (χ1) is 7.78. The van der Waals surface area contributed by atoms with Gasteiger partial charge in [0, 0.05) is 19.6 Å². The van der Waals surface area contributed by atoms with Crippen LogP contribution < -0.4 is 10.6 Å². The molecule has 3 nitrogen and oxygen atoms in total. The number of hydrogen-bond donors (Lipinski definition) is 2. The molecule has 0 aromatic rings. The topological polar surface area (TPSA) is 36.4 Å². The smallest absolute Gasteiger partial charge is 0.191 e. The number of aliphatic imine (C=N–C) groups is 1. The molecule has 2 rings (SSSR count). The number of halogens is 1. The van der Waals surface area contributed by atoms with E-state index in [1.54, 1.807) is 0 Å². The summed E-state index contributed by atoms with van der Waals surface area (Å²) < 4.78 is 0. The van der Waals surface area contributed by atoms with Crippen LogP contribution in [0.25, 0.3) is 0 Å². The van der Waals surface area contributed by atoms with Gasteiger partial charge in [-0.05, 0) is 50.4 Å². The highest BCUT2D eigenvalue weighted by Gasteiger charge is 2.22. The summed E-state index contributed by atoms with van der Waals surface area (Å²) in [5.74, 6) is 2.83. The molecule has 0 aliphatic heterocycles. The van der Waals surface area contributed by atoms with E-state index >= 15 is 0 Å². The second kappa shape index (κ2) is 7.44. The summed E-state index contributed by atoms with van der Waals surface area (Å²) in [5, 5.41) is 6.98. The van der Waals surface area contributed by atoms with Crippen LogP contribution in [0.3, 0.4) is 0 Å². The Morgan fingerprint density at radius 3 is 2.29 bits per heavy atom. The van der Waals surface area contributed by atoms with Crippen molar-refractivity contribution in [1.29, 1.82) is 0 Å². The Morgan fingerprint density at radius 1 is 1.12 bits per heavy atom. The molecule has 0 spiro atoms. The van der Waals surface area contributed by atoms with Gasteiger partial charge in [0.1, 0.15) is 0 Å². The van der Waals surface area contributed by atoms with Gasteiger partial charge in [0.05, 0.1) is 0 Å². The highest BCUT2D eigenvalue weighted by molar-refractivity contribution is 14.0. The molecule has 0 radical (unpaired) electrons. The monoisotopic (exact) mass is 351 g/mol. The molecule has 2 N–H and O–H groups in total. The minimum absolute atomic E-state index is 0. The first-order valence-corrected chi connectivity index (χ1v) is 6.75. The molecule has 4 heteroatoms. The Labute approximate surface area is 122 Å². The van der Waals surface area contributed by atoms with Crippen molar-refractivity contribution in [3.05, 3.63) is 0 Å². The first-order valence-electron chi connectivity index (χ1n) is 6.75. The number of rotatable bonds is 3. The predicted molar refractivity (Wildman–Crippen MR) is 84.1 cm³/mol. The van der Waals surface area contributed by atoms with Gasteiger partial charge >= 0.3 is 0 Å². The fourth-order valence-corrected chi connectivity index (χ4v) is 2.36. The quantitative estimate of drug-likeness (QED) is 0.466. The van der Waals surface area contributed by atoms with Crippen molar-refractivity contribution < 1.29 is 0 Å². The molecule has 2 aliphatic carbocycles. The Morgan fingerprint density at radius 2 is 1.76 bits per heavy atom. The zero-order chi connectivity index (χ0) is 11.4. The summed E-state index contributed by atoms with van der Waals surface area (Å²) in [4.78, 5) is 4.30. The van der Waals surface area contributed by atoms with Crippen LogP contribution in [0, 0.1) is 11.8 Å². The lowest BCUT2D eigenvalue weighted by Crippen LogP contribution is -2.45. The molecular weight excluding hydrogens is 325 g/mol. The van der Waals surface area contributed by atoms with Gasteiger partial charge < -0.3 is 10.6 Å². The van der Waals surface area contributed by atoms with E-state index in [0.717, 1.165) is 24.3 Å².